The van der Waals surface area contributed by atoms with Gasteiger partial charge in [-0.25, -0.2) is 4.79 Å². The third kappa shape index (κ3) is 2.96. The molecule has 1 saturated heterocycles. The molecule has 6 heteroatoms. The van der Waals surface area contributed by atoms with E-state index in [0.717, 1.165) is 11.3 Å². The summed E-state index contributed by atoms with van der Waals surface area (Å²) < 4.78 is 9.84. The molecule has 1 aromatic carbocycles. The molecule has 1 aromatic rings. The fourth-order valence-corrected chi connectivity index (χ4v) is 1.79. The summed E-state index contributed by atoms with van der Waals surface area (Å²) in [5.74, 6) is 0.550. The number of nitrogens with one attached hydrogen (secondary N) is 1. The zero-order chi connectivity index (χ0) is 13.8. The van der Waals surface area contributed by atoms with Gasteiger partial charge in [0.1, 0.15) is 18.4 Å². The minimum Gasteiger partial charge on any atom is -0.497 e. The summed E-state index contributed by atoms with van der Waals surface area (Å²) in [6.45, 7) is 0.505. The molecule has 1 aliphatic heterocycles. The monoisotopic (exact) mass is 264 g/mol. The van der Waals surface area contributed by atoms with Crippen LogP contribution < -0.4 is 10.1 Å². The lowest BCUT2D eigenvalue weighted by atomic mass is 10.2. The van der Waals surface area contributed by atoms with Crippen molar-refractivity contribution in [2.24, 2.45) is 0 Å². The van der Waals surface area contributed by atoms with Crippen molar-refractivity contribution in [3.8, 4) is 5.75 Å². The Hall–Kier alpha value is -2.24. The van der Waals surface area contributed by atoms with E-state index in [4.69, 9.17) is 9.47 Å². The first-order valence-electron chi connectivity index (χ1n) is 5.92. The standard InChI is InChI=1S/C13H16N2O4/c1-15-11(8-19-13(15)17)12(16)14-7-9-3-5-10(18-2)6-4-9/h3-6,11H,7-8H2,1-2H3,(H,14,16). The quantitative estimate of drug-likeness (QED) is 0.872. The van der Waals surface area contributed by atoms with Crippen LogP contribution in [0.5, 0.6) is 5.75 Å². The van der Waals surface area contributed by atoms with Crippen LogP contribution in [-0.2, 0) is 16.1 Å². The van der Waals surface area contributed by atoms with E-state index in [2.05, 4.69) is 5.32 Å². The number of carbonyl (C=O) groups excluding carboxylic acids is 2. The van der Waals surface area contributed by atoms with Gasteiger partial charge >= 0.3 is 6.09 Å². The Morgan fingerprint density at radius 2 is 2.16 bits per heavy atom. The van der Waals surface area contributed by atoms with E-state index >= 15 is 0 Å². The predicted octanol–water partition coefficient (Wildman–Crippen LogP) is 0.762. The number of carbonyl (C=O) groups is 2. The number of nitrogens with zero attached hydrogens (tertiary/aromatic N) is 1. The second kappa shape index (κ2) is 5.60. The third-order valence-corrected chi connectivity index (χ3v) is 3.05. The highest BCUT2D eigenvalue weighted by atomic mass is 16.6. The van der Waals surface area contributed by atoms with E-state index < -0.39 is 12.1 Å². The van der Waals surface area contributed by atoms with Crippen LogP contribution in [0.4, 0.5) is 4.79 Å². The molecule has 0 radical (unpaired) electrons. The molecule has 6 nitrogen and oxygen atoms in total. The predicted molar refractivity (Wildman–Crippen MR) is 67.7 cm³/mol. The van der Waals surface area contributed by atoms with Gasteiger partial charge in [-0.05, 0) is 17.7 Å². The molecule has 1 unspecified atom stereocenters. The summed E-state index contributed by atoms with van der Waals surface area (Å²) >= 11 is 0. The van der Waals surface area contributed by atoms with Gasteiger partial charge < -0.3 is 14.8 Å². The van der Waals surface area contributed by atoms with E-state index in [9.17, 15) is 9.59 Å². The number of hydrogen-bond donors (Lipinski definition) is 1. The van der Waals surface area contributed by atoms with Crippen LogP contribution in [0.3, 0.4) is 0 Å². The smallest absolute Gasteiger partial charge is 0.410 e. The molecule has 102 valence electrons. The molecule has 1 aliphatic rings. The van der Waals surface area contributed by atoms with Crippen LogP contribution in [0.1, 0.15) is 5.56 Å². The van der Waals surface area contributed by atoms with E-state index in [1.54, 1.807) is 14.2 Å². The molecule has 0 saturated carbocycles. The minimum absolute atomic E-state index is 0.101. The summed E-state index contributed by atoms with van der Waals surface area (Å²) in [6, 6.07) is 6.86. The van der Waals surface area contributed by atoms with Gasteiger partial charge in [0.2, 0.25) is 5.91 Å². The van der Waals surface area contributed by atoms with Gasteiger partial charge in [0.05, 0.1) is 7.11 Å². The molecule has 1 heterocycles. The fourth-order valence-electron chi connectivity index (χ4n) is 1.79. The first-order chi connectivity index (χ1) is 9.11. The maximum absolute atomic E-state index is 11.9. The van der Waals surface area contributed by atoms with Crippen molar-refractivity contribution in [2.45, 2.75) is 12.6 Å². The number of hydrogen-bond acceptors (Lipinski definition) is 4. The van der Waals surface area contributed by atoms with Crippen molar-refractivity contribution in [1.29, 1.82) is 0 Å². The summed E-state index contributed by atoms with van der Waals surface area (Å²) in [5, 5.41) is 2.78. The number of cyclic esters (lactones) is 1. The molecule has 1 atom stereocenters. The second-order valence-electron chi connectivity index (χ2n) is 4.27. The van der Waals surface area contributed by atoms with E-state index in [1.807, 2.05) is 24.3 Å². The summed E-state index contributed by atoms with van der Waals surface area (Å²) in [6.07, 6.45) is -0.468. The Morgan fingerprint density at radius 1 is 1.47 bits per heavy atom. The maximum Gasteiger partial charge on any atom is 0.410 e. The Kier molecular flexibility index (Phi) is 3.89. The Labute approximate surface area is 111 Å². The van der Waals surface area contributed by atoms with Crippen molar-refractivity contribution in [1.82, 2.24) is 10.2 Å². The first kappa shape index (κ1) is 13.2. The molecule has 1 N–H and O–H groups in total. The Morgan fingerprint density at radius 3 is 2.68 bits per heavy atom. The summed E-state index contributed by atoms with van der Waals surface area (Å²) in [5.41, 5.74) is 0.960. The lowest BCUT2D eigenvalue weighted by Crippen LogP contribution is -2.43. The molecule has 2 rings (SSSR count). The van der Waals surface area contributed by atoms with Crippen LogP contribution in [0.25, 0.3) is 0 Å². The maximum atomic E-state index is 11.9. The van der Waals surface area contributed by atoms with Crippen molar-refractivity contribution in [3.63, 3.8) is 0 Å². The SMILES string of the molecule is COc1ccc(CNC(=O)C2COC(=O)N2C)cc1. The minimum atomic E-state index is -0.550. The average molecular weight is 264 g/mol. The van der Waals surface area contributed by atoms with Gasteiger partial charge in [-0.1, -0.05) is 12.1 Å². The van der Waals surface area contributed by atoms with Gasteiger partial charge in [0.15, 0.2) is 0 Å². The van der Waals surface area contributed by atoms with Gasteiger partial charge in [-0.2, -0.15) is 0 Å². The summed E-state index contributed by atoms with van der Waals surface area (Å²) in [7, 11) is 3.15. The van der Waals surface area contributed by atoms with Crippen LogP contribution in [0, 0.1) is 0 Å². The molecule has 1 fully saturated rings. The van der Waals surface area contributed by atoms with Gasteiger partial charge in [-0.3, -0.25) is 9.69 Å². The summed E-state index contributed by atoms with van der Waals surface area (Å²) in [4.78, 5) is 24.3. The molecule has 0 spiro atoms. The highest BCUT2D eigenvalue weighted by Crippen LogP contribution is 2.12. The van der Waals surface area contributed by atoms with E-state index in [-0.39, 0.29) is 12.5 Å². The molecular formula is C13H16N2O4. The van der Waals surface area contributed by atoms with Crippen LogP contribution in [0.15, 0.2) is 24.3 Å². The van der Waals surface area contributed by atoms with E-state index in [0.29, 0.717) is 6.54 Å². The van der Waals surface area contributed by atoms with Crippen molar-refractivity contribution >= 4 is 12.0 Å². The number of ether oxygens (including phenoxy) is 2. The lowest BCUT2D eigenvalue weighted by Gasteiger charge is -2.15. The average Bonchev–Trinajstić information content (AvgIpc) is 2.77. The van der Waals surface area contributed by atoms with Gasteiger partial charge in [-0.15, -0.1) is 0 Å². The second-order valence-corrected chi connectivity index (χ2v) is 4.27. The number of rotatable bonds is 4. The Balaban J connectivity index is 1.87. The van der Waals surface area contributed by atoms with Crippen molar-refractivity contribution in [3.05, 3.63) is 29.8 Å². The molecule has 0 bridgehead atoms. The molecule has 0 aromatic heterocycles. The van der Waals surface area contributed by atoms with Gasteiger partial charge in [0.25, 0.3) is 0 Å². The third-order valence-electron chi connectivity index (χ3n) is 3.05. The van der Waals surface area contributed by atoms with Crippen LogP contribution >= 0.6 is 0 Å². The Bertz CT molecular complexity index is 472. The topological polar surface area (TPSA) is 67.9 Å². The zero-order valence-corrected chi connectivity index (χ0v) is 10.9. The molecule has 0 aliphatic carbocycles. The van der Waals surface area contributed by atoms with Crippen LogP contribution in [0.2, 0.25) is 0 Å². The largest absolute Gasteiger partial charge is 0.497 e. The van der Waals surface area contributed by atoms with E-state index in [1.165, 1.54) is 4.90 Å². The molecule has 2 amide bonds. The highest BCUT2D eigenvalue weighted by molar-refractivity contribution is 5.87. The van der Waals surface area contributed by atoms with Gasteiger partial charge in [0, 0.05) is 13.6 Å². The number of amides is 2. The number of methoxy groups -OCH3 is 1. The van der Waals surface area contributed by atoms with Crippen LogP contribution in [-0.4, -0.2) is 43.7 Å². The number of benzene rings is 1. The fraction of sp³-hybridized carbons (Fsp3) is 0.385. The number of likely N-dealkylation sites (N-methyl/N-ethyl adjacent to an activating group) is 1. The molecule has 19 heavy (non-hydrogen) atoms. The first-order valence-corrected chi connectivity index (χ1v) is 5.92. The molecular weight excluding hydrogens is 248 g/mol. The zero-order valence-electron chi connectivity index (χ0n) is 10.9. The van der Waals surface area contributed by atoms with Crippen molar-refractivity contribution in [2.75, 3.05) is 20.8 Å². The highest BCUT2D eigenvalue weighted by Gasteiger charge is 2.34. The van der Waals surface area contributed by atoms with Crippen molar-refractivity contribution < 1.29 is 19.1 Å². The normalized spacial score (nSPS) is 18.1. The lowest BCUT2D eigenvalue weighted by molar-refractivity contribution is -0.124.